The van der Waals surface area contributed by atoms with Crippen LogP contribution in [-0.2, 0) is 0 Å². The van der Waals surface area contributed by atoms with Gasteiger partial charge in [0.25, 0.3) is 0 Å². The van der Waals surface area contributed by atoms with Gasteiger partial charge in [-0.05, 0) is 42.5 Å². The molecular weight excluding hydrogens is 354 g/mol. The molecule has 0 aromatic heterocycles. The van der Waals surface area contributed by atoms with Crippen LogP contribution in [0.25, 0.3) is 0 Å². The number of nitrogens with one attached hydrogen (secondary N) is 3. The number of aliphatic imine (C=N–C) groups is 2. The van der Waals surface area contributed by atoms with Crippen LogP contribution in [0.4, 0.5) is 10.5 Å². The molecule has 0 saturated carbocycles. The molecule has 0 radical (unpaired) electrons. The van der Waals surface area contributed by atoms with Crippen LogP contribution in [0.5, 0.6) is 5.75 Å². The molecular formula is C18H18ClN5O2. The van der Waals surface area contributed by atoms with E-state index < -0.39 is 0 Å². The van der Waals surface area contributed by atoms with Gasteiger partial charge in [0.15, 0.2) is 0 Å². The Hall–Kier alpha value is -3.06. The standard InChI is InChI=1S/C18H18ClN5O2/c1-20-18(25)24-23-16-10-21-17(11-3-6-13(26-2)7-4-11)14-9-12(19)5-8-15(14)22-16/h3-9H,10H2,1-2H3,(H,22,23)(H2,20,24,25). The highest BCUT2D eigenvalue weighted by Crippen LogP contribution is 2.28. The molecule has 0 spiro atoms. The first-order chi connectivity index (χ1) is 12.6. The Morgan fingerprint density at radius 3 is 2.65 bits per heavy atom. The summed E-state index contributed by atoms with van der Waals surface area (Å²) in [5.74, 6) is 1.28. The number of amides is 2. The zero-order chi connectivity index (χ0) is 18.5. The normalized spacial score (nSPS) is 12.9. The number of hydrogen-bond donors (Lipinski definition) is 3. The molecule has 1 aliphatic heterocycles. The monoisotopic (exact) mass is 371 g/mol. The van der Waals surface area contributed by atoms with E-state index >= 15 is 0 Å². The lowest BCUT2D eigenvalue weighted by molar-refractivity contribution is 0.241. The van der Waals surface area contributed by atoms with E-state index in [1.165, 1.54) is 7.05 Å². The van der Waals surface area contributed by atoms with Crippen LogP contribution >= 0.6 is 11.6 Å². The van der Waals surface area contributed by atoms with E-state index in [2.05, 4.69) is 26.2 Å². The lowest BCUT2D eigenvalue weighted by Crippen LogP contribution is -2.46. The summed E-state index contributed by atoms with van der Waals surface area (Å²) < 4.78 is 5.21. The summed E-state index contributed by atoms with van der Waals surface area (Å²) in [5, 5.41) is 3.06. The van der Waals surface area contributed by atoms with E-state index in [0.29, 0.717) is 16.5 Å². The minimum atomic E-state index is -0.368. The summed E-state index contributed by atoms with van der Waals surface area (Å²) in [7, 11) is 3.15. The molecule has 2 aromatic carbocycles. The SMILES string of the molecule is CNC(=O)NNC1=Nc2ccc(Cl)cc2C(c2ccc(OC)cc2)=NC1. The average molecular weight is 372 g/mol. The molecule has 134 valence electrons. The second-order valence-electron chi connectivity index (χ2n) is 5.44. The van der Waals surface area contributed by atoms with Crippen LogP contribution < -0.4 is 20.9 Å². The molecule has 7 nitrogen and oxygen atoms in total. The third kappa shape index (κ3) is 3.94. The lowest BCUT2D eigenvalue weighted by atomic mass is 10.0. The Morgan fingerprint density at radius 2 is 1.96 bits per heavy atom. The molecule has 0 unspecified atom stereocenters. The molecule has 0 aliphatic carbocycles. The number of amidine groups is 1. The molecule has 1 aliphatic rings. The topological polar surface area (TPSA) is 87.1 Å². The predicted octanol–water partition coefficient (Wildman–Crippen LogP) is 2.66. The largest absolute Gasteiger partial charge is 0.497 e. The predicted molar refractivity (Wildman–Crippen MR) is 103 cm³/mol. The van der Waals surface area contributed by atoms with Gasteiger partial charge in [0.2, 0.25) is 0 Å². The first kappa shape index (κ1) is 17.8. The number of hydrazine groups is 1. The second kappa shape index (κ2) is 7.88. The van der Waals surface area contributed by atoms with Crippen LogP contribution in [-0.4, -0.2) is 38.3 Å². The van der Waals surface area contributed by atoms with E-state index in [0.717, 1.165) is 22.6 Å². The molecule has 0 bridgehead atoms. The molecule has 2 aromatic rings. The molecule has 1 heterocycles. The molecule has 0 saturated heterocycles. The number of hydrogen-bond acceptors (Lipinski definition) is 5. The summed E-state index contributed by atoms with van der Waals surface area (Å²) >= 11 is 6.18. The van der Waals surface area contributed by atoms with E-state index in [1.54, 1.807) is 13.2 Å². The third-order valence-corrected chi connectivity index (χ3v) is 4.00. The Bertz CT molecular complexity index is 878. The fourth-order valence-electron chi connectivity index (χ4n) is 2.47. The molecule has 0 fully saturated rings. The van der Waals surface area contributed by atoms with Crippen molar-refractivity contribution in [1.29, 1.82) is 0 Å². The van der Waals surface area contributed by atoms with Crippen LogP contribution in [0.3, 0.4) is 0 Å². The fourth-order valence-corrected chi connectivity index (χ4v) is 2.64. The number of nitrogens with zero attached hydrogens (tertiary/aromatic N) is 2. The Kier molecular flexibility index (Phi) is 5.38. The highest BCUT2D eigenvalue weighted by atomic mass is 35.5. The van der Waals surface area contributed by atoms with Crippen LogP contribution in [0.1, 0.15) is 11.1 Å². The summed E-state index contributed by atoms with van der Waals surface area (Å²) in [5.41, 5.74) is 8.51. The maximum absolute atomic E-state index is 11.4. The zero-order valence-electron chi connectivity index (χ0n) is 14.3. The summed E-state index contributed by atoms with van der Waals surface area (Å²) in [6, 6.07) is 12.7. The molecule has 2 amide bonds. The molecule has 26 heavy (non-hydrogen) atoms. The average Bonchev–Trinajstić information content (AvgIpc) is 2.85. The van der Waals surface area contributed by atoms with Crippen molar-refractivity contribution < 1.29 is 9.53 Å². The van der Waals surface area contributed by atoms with E-state index in [-0.39, 0.29) is 12.6 Å². The number of halogens is 1. The number of fused-ring (bicyclic) bond motifs is 1. The highest BCUT2D eigenvalue weighted by Gasteiger charge is 2.17. The van der Waals surface area contributed by atoms with Gasteiger partial charge in [-0.3, -0.25) is 15.8 Å². The second-order valence-corrected chi connectivity index (χ2v) is 5.88. The van der Waals surface area contributed by atoms with Gasteiger partial charge in [0.1, 0.15) is 11.6 Å². The number of ether oxygens (including phenoxy) is 1. The molecule has 0 atom stereocenters. The van der Waals surface area contributed by atoms with E-state index in [9.17, 15) is 4.79 Å². The summed E-state index contributed by atoms with van der Waals surface area (Å²) in [6.45, 7) is 0.275. The first-order valence-electron chi connectivity index (χ1n) is 7.91. The fraction of sp³-hybridized carbons (Fsp3) is 0.167. The van der Waals surface area contributed by atoms with E-state index in [4.69, 9.17) is 16.3 Å². The highest BCUT2D eigenvalue weighted by molar-refractivity contribution is 6.31. The van der Waals surface area contributed by atoms with Gasteiger partial charge in [-0.15, -0.1) is 0 Å². The van der Waals surface area contributed by atoms with Crippen LogP contribution in [0.15, 0.2) is 52.4 Å². The quantitative estimate of drug-likeness (QED) is 0.709. The maximum Gasteiger partial charge on any atom is 0.333 e. The van der Waals surface area contributed by atoms with Crippen molar-refractivity contribution in [3.63, 3.8) is 0 Å². The van der Waals surface area contributed by atoms with Crippen molar-refractivity contribution in [3.8, 4) is 5.75 Å². The number of benzene rings is 2. The summed E-state index contributed by atoms with van der Waals surface area (Å²) in [6.07, 6.45) is 0. The van der Waals surface area contributed by atoms with Crippen LogP contribution in [0.2, 0.25) is 5.02 Å². The Balaban J connectivity index is 1.98. The third-order valence-electron chi connectivity index (χ3n) is 3.77. The number of methoxy groups -OCH3 is 1. The van der Waals surface area contributed by atoms with Gasteiger partial charge < -0.3 is 10.1 Å². The van der Waals surface area contributed by atoms with Crippen LogP contribution in [0, 0.1) is 0 Å². The van der Waals surface area contributed by atoms with Gasteiger partial charge in [0, 0.05) is 23.2 Å². The smallest absolute Gasteiger partial charge is 0.333 e. The minimum Gasteiger partial charge on any atom is -0.497 e. The zero-order valence-corrected chi connectivity index (χ0v) is 15.1. The number of urea groups is 1. The van der Waals surface area contributed by atoms with Crippen molar-refractivity contribution in [1.82, 2.24) is 16.2 Å². The molecule has 3 N–H and O–H groups in total. The number of carbonyl (C=O) groups excluding carboxylic acids is 1. The first-order valence-corrected chi connectivity index (χ1v) is 8.28. The molecule has 3 rings (SSSR count). The number of rotatable bonds is 2. The minimum absolute atomic E-state index is 0.275. The van der Waals surface area contributed by atoms with Crippen molar-refractivity contribution >= 4 is 34.9 Å². The van der Waals surface area contributed by atoms with Crippen molar-refractivity contribution in [2.45, 2.75) is 0 Å². The Morgan fingerprint density at radius 1 is 1.19 bits per heavy atom. The van der Waals surface area contributed by atoms with Gasteiger partial charge in [-0.2, -0.15) is 0 Å². The lowest BCUT2D eigenvalue weighted by Gasteiger charge is -2.09. The maximum atomic E-state index is 11.4. The van der Waals surface area contributed by atoms with Gasteiger partial charge in [0.05, 0.1) is 25.1 Å². The van der Waals surface area contributed by atoms with Crippen molar-refractivity contribution in [2.24, 2.45) is 9.98 Å². The van der Waals surface area contributed by atoms with Crippen molar-refractivity contribution in [3.05, 3.63) is 58.6 Å². The number of carbonyl (C=O) groups is 1. The van der Waals surface area contributed by atoms with Gasteiger partial charge >= 0.3 is 6.03 Å². The van der Waals surface area contributed by atoms with Gasteiger partial charge in [-0.1, -0.05) is 11.6 Å². The van der Waals surface area contributed by atoms with Gasteiger partial charge in [-0.25, -0.2) is 9.79 Å². The van der Waals surface area contributed by atoms with Crippen molar-refractivity contribution in [2.75, 3.05) is 20.7 Å². The summed E-state index contributed by atoms with van der Waals surface area (Å²) in [4.78, 5) is 20.6. The Labute approximate surface area is 156 Å². The molecule has 8 heteroatoms. The van der Waals surface area contributed by atoms with E-state index in [1.807, 2.05) is 36.4 Å².